The lowest BCUT2D eigenvalue weighted by Crippen LogP contribution is -2.47. The van der Waals surface area contributed by atoms with E-state index in [0.717, 1.165) is 49.7 Å². The minimum Gasteiger partial charge on any atom is -0.338 e. The summed E-state index contributed by atoms with van der Waals surface area (Å²) in [4.78, 5) is 29.2. The molecule has 0 atom stereocenters. The van der Waals surface area contributed by atoms with Crippen molar-refractivity contribution in [3.05, 3.63) is 30.1 Å². The van der Waals surface area contributed by atoms with Crippen LogP contribution < -0.4 is 15.5 Å². The topological polar surface area (TPSA) is 86.3 Å². The van der Waals surface area contributed by atoms with Crippen molar-refractivity contribution in [2.24, 2.45) is 0 Å². The molecule has 8 heteroatoms. The highest BCUT2D eigenvalue weighted by molar-refractivity contribution is 5.90. The van der Waals surface area contributed by atoms with Crippen molar-refractivity contribution < 1.29 is 4.79 Å². The number of piperazine rings is 1. The molecule has 2 N–H and O–H groups in total. The van der Waals surface area contributed by atoms with Gasteiger partial charge in [0.1, 0.15) is 6.33 Å². The van der Waals surface area contributed by atoms with Gasteiger partial charge in [-0.25, -0.2) is 9.97 Å². The number of rotatable bonds is 6. The van der Waals surface area contributed by atoms with Crippen molar-refractivity contribution in [2.45, 2.75) is 27.2 Å². The molecular weight excluding hydrogens is 342 g/mol. The van der Waals surface area contributed by atoms with Crippen LogP contribution in [0.2, 0.25) is 0 Å². The predicted octanol–water partition coefficient (Wildman–Crippen LogP) is 2.41. The van der Waals surface area contributed by atoms with Crippen LogP contribution in [0.15, 0.2) is 24.5 Å². The van der Waals surface area contributed by atoms with E-state index in [1.54, 1.807) is 0 Å². The maximum Gasteiger partial charge on any atom is 0.232 e. The molecule has 0 bridgehead atoms. The van der Waals surface area contributed by atoms with Crippen LogP contribution in [0.5, 0.6) is 0 Å². The molecule has 1 saturated heterocycles. The van der Waals surface area contributed by atoms with E-state index < -0.39 is 0 Å². The molecule has 0 aliphatic carbocycles. The zero-order chi connectivity index (χ0) is 19.2. The Hall–Kier alpha value is -2.74. The Labute approximate surface area is 160 Å². The number of nitrogens with zero attached hydrogens (tertiary/aromatic N) is 5. The van der Waals surface area contributed by atoms with Crippen LogP contribution in [-0.2, 0) is 4.79 Å². The van der Waals surface area contributed by atoms with E-state index in [-0.39, 0.29) is 5.91 Å². The quantitative estimate of drug-likeness (QED) is 0.808. The predicted molar refractivity (Wildman–Crippen MR) is 108 cm³/mol. The van der Waals surface area contributed by atoms with Crippen molar-refractivity contribution in [2.75, 3.05) is 48.3 Å². The lowest BCUT2D eigenvalue weighted by atomic mass is 10.1. The van der Waals surface area contributed by atoms with Crippen molar-refractivity contribution in [3.8, 4) is 0 Å². The van der Waals surface area contributed by atoms with Crippen LogP contribution in [0.25, 0.3) is 0 Å². The maximum atomic E-state index is 11.3. The fraction of sp³-hybridized carbons (Fsp3) is 0.474. The number of hydrogen-bond acceptors (Lipinski definition) is 7. The minimum atomic E-state index is -0.0973. The first kappa shape index (κ1) is 19.0. The van der Waals surface area contributed by atoms with E-state index in [9.17, 15) is 4.79 Å². The van der Waals surface area contributed by atoms with Gasteiger partial charge in [0.15, 0.2) is 0 Å². The van der Waals surface area contributed by atoms with Gasteiger partial charge in [-0.3, -0.25) is 9.69 Å². The number of aromatic nitrogens is 3. The Bertz CT molecular complexity index is 787. The van der Waals surface area contributed by atoms with Crippen molar-refractivity contribution in [1.29, 1.82) is 0 Å². The summed E-state index contributed by atoms with van der Waals surface area (Å²) in [5.74, 6) is 1.10. The summed E-state index contributed by atoms with van der Waals surface area (Å²) < 4.78 is 0. The Morgan fingerprint density at radius 1 is 1.15 bits per heavy atom. The van der Waals surface area contributed by atoms with E-state index >= 15 is 0 Å². The number of carbonyl (C=O) groups excluding carboxylic acids is 1. The second-order valence-electron chi connectivity index (χ2n) is 6.72. The molecule has 1 amide bonds. The molecule has 0 saturated carbocycles. The van der Waals surface area contributed by atoms with Gasteiger partial charge >= 0.3 is 0 Å². The highest BCUT2D eigenvalue weighted by Gasteiger charge is 2.19. The first-order valence-electron chi connectivity index (χ1n) is 9.37. The number of amides is 1. The molecule has 1 fully saturated rings. The lowest BCUT2D eigenvalue weighted by Gasteiger charge is -2.34. The molecule has 0 radical (unpaired) electrons. The molecule has 3 rings (SSSR count). The monoisotopic (exact) mass is 369 g/mol. The van der Waals surface area contributed by atoms with E-state index in [4.69, 9.17) is 0 Å². The molecule has 1 aliphatic rings. The highest BCUT2D eigenvalue weighted by atomic mass is 16.1. The third kappa shape index (κ3) is 4.91. The number of carbonyl (C=O) groups is 1. The lowest BCUT2D eigenvalue weighted by molar-refractivity contribution is -0.114. The zero-order valence-electron chi connectivity index (χ0n) is 16.2. The van der Waals surface area contributed by atoms with Crippen LogP contribution >= 0.6 is 0 Å². The molecule has 1 aromatic carbocycles. The average Bonchev–Trinajstić information content (AvgIpc) is 2.66. The SMILES string of the molecule is CCCN1CCN(c2ncnc(Nc3cccc(NC(C)=O)c3C)n2)CC1. The summed E-state index contributed by atoms with van der Waals surface area (Å²) in [5, 5.41) is 6.08. The van der Waals surface area contributed by atoms with Crippen LogP contribution in [0, 0.1) is 6.92 Å². The minimum absolute atomic E-state index is 0.0973. The normalized spacial score (nSPS) is 14.9. The van der Waals surface area contributed by atoms with Gasteiger partial charge in [0.2, 0.25) is 17.8 Å². The number of nitrogens with one attached hydrogen (secondary N) is 2. The zero-order valence-corrected chi connectivity index (χ0v) is 16.2. The number of anilines is 4. The smallest absolute Gasteiger partial charge is 0.232 e. The van der Waals surface area contributed by atoms with Gasteiger partial charge in [-0.1, -0.05) is 13.0 Å². The molecular formula is C19H27N7O. The Morgan fingerprint density at radius 3 is 2.59 bits per heavy atom. The second kappa shape index (κ2) is 8.77. The summed E-state index contributed by atoms with van der Waals surface area (Å²) in [5.41, 5.74) is 2.56. The van der Waals surface area contributed by atoms with Gasteiger partial charge in [-0.15, -0.1) is 0 Å². The molecule has 0 spiro atoms. The van der Waals surface area contributed by atoms with E-state index in [1.165, 1.54) is 19.7 Å². The van der Waals surface area contributed by atoms with Crippen molar-refractivity contribution in [1.82, 2.24) is 19.9 Å². The summed E-state index contributed by atoms with van der Waals surface area (Å²) in [6, 6.07) is 5.69. The fourth-order valence-electron chi connectivity index (χ4n) is 3.20. The summed E-state index contributed by atoms with van der Waals surface area (Å²) in [7, 11) is 0. The first-order valence-corrected chi connectivity index (χ1v) is 9.37. The summed E-state index contributed by atoms with van der Waals surface area (Å²) in [6.07, 6.45) is 2.72. The molecule has 2 heterocycles. The van der Waals surface area contributed by atoms with E-state index in [2.05, 4.69) is 42.3 Å². The molecule has 144 valence electrons. The standard InChI is InChI=1S/C19H27N7O/c1-4-8-25-9-11-26(12-10-25)19-21-13-20-18(24-19)23-17-7-5-6-16(14(17)2)22-15(3)27/h5-7,13H,4,8-12H2,1-3H3,(H,22,27)(H,20,21,23,24). The molecule has 0 unspecified atom stereocenters. The second-order valence-corrected chi connectivity index (χ2v) is 6.72. The Kier molecular flexibility index (Phi) is 6.18. The molecule has 1 aliphatic heterocycles. The molecule has 27 heavy (non-hydrogen) atoms. The van der Waals surface area contributed by atoms with Gasteiger partial charge < -0.3 is 15.5 Å². The van der Waals surface area contributed by atoms with Crippen molar-refractivity contribution in [3.63, 3.8) is 0 Å². The summed E-state index contributed by atoms with van der Waals surface area (Å²) in [6.45, 7) is 10.7. The van der Waals surface area contributed by atoms with Crippen LogP contribution in [0.3, 0.4) is 0 Å². The van der Waals surface area contributed by atoms with E-state index in [0.29, 0.717) is 11.9 Å². The highest BCUT2D eigenvalue weighted by Crippen LogP contribution is 2.25. The molecule has 1 aromatic heterocycles. The Balaban J connectivity index is 1.71. The molecule has 8 nitrogen and oxygen atoms in total. The first-order chi connectivity index (χ1) is 13.1. The molecule has 2 aromatic rings. The maximum absolute atomic E-state index is 11.3. The van der Waals surface area contributed by atoms with Crippen molar-refractivity contribution >= 4 is 29.2 Å². The van der Waals surface area contributed by atoms with E-state index in [1.807, 2.05) is 25.1 Å². The third-order valence-corrected chi connectivity index (χ3v) is 4.65. The van der Waals surface area contributed by atoms with Gasteiger partial charge in [0, 0.05) is 44.5 Å². The van der Waals surface area contributed by atoms with Crippen LogP contribution in [0.1, 0.15) is 25.8 Å². The third-order valence-electron chi connectivity index (χ3n) is 4.65. The van der Waals surface area contributed by atoms with Gasteiger partial charge in [0.25, 0.3) is 0 Å². The largest absolute Gasteiger partial charge is 0.338 e. The van der Waals surface area contributed by atoms with Gasteiger partial charge in [-0.05, 0) is 37.6 Å². The number of hydrogen-bond donors (Lipinski definition) is 2. The van der Waals surface area contributed by atoms with Crippen LogP contribution in [-0.4, -0.2) is 58.5 Å². The Morgan fingerprint density at radius 2 is 1.89 bits per heavy atom. The van der Waals surface area contributed by atoms with Gasteiger partial charge in [-0.2, -0.15) is 4.98 Å². The van der Waals surface area contributed by atoms with Crippen LogP contribution in [0.4, 0.5) is 23.3 Å². The average molecular weight is 369 g/mol. The fourth-order valence-corrected chi connectivity index (χ4v) is 3.20. The summed E-state index contributed by atoms with van der Waals surface area (Å²) >= 11 is 0. The number of benzene rings is 1. The van der Waals surface area contributed by atoms with Gasteiger partial charge in [0.05, 0.1) is 0 Å².